The molecule has 3 rings (SSSR count). The van der Waals surface area contributed by atoms with Crippen LogP contribution in [0.5, 0.6) is 11.5 Å². The SMILES string of the molecule is CCOC(=O)COc1cc(C(C)C)ccc1CCNS(=O)(=O)c1cc(C=NC(=O)C(N)(O)OC(=O)C(C)(C)C)ccc1OCc1ccccc1. The van der Waals surface area contributed by atoms with Crippen LogP contribution in [0.2, 0.25) is 0 Å². The summed E-state index contributed by atoms with van der Waals surface area (Å²) in [4.78, 5) is 40.0. The van der Waals surface area contributed by atoms with Crippen LogP contribution in [0.3, 0.4) is 0 Å². The average Bonchev–Trinajstić information content (AvgIpc) is 3.05. The van der Waals surface area contributed by atoms with E-state index in [2.05, 4.69) is 9.71 Å². The van der Waals surface area contributed by atoms with Crippen LogP contribution >= 0.6 is 0 Å². The van der Waals surface area contributed by atoms with E-state index >= 15 is 0 Å². The van der Waals surface area contributed by atoms with Crippen molar-refractivity contribution in [2.75, 3.05) is 19.8 Å². The molecular weight excluding hydrogens is 666 g/mol. The predicted molar refractivity (Wildman–Crippen MR) is 186 cm³/mol. The zero-order valence-corrected chi connectivity index (χ0v) is 29.9. The van der Waals surface area contributed by atoms with Crippen LogP contribution in [0.25, 0.3) is 0 Å². The van der Waals surface area contributed by atoms with Gasteiger partial charge in [-0.2, -0.15) is 0 Å². The second-order valence-corrected chi connectivity index (χ2v) is 14.4. The number of benzene rings is 3. The molecule has 1 atom stereocenters. The van der Waals surface area contributed by atoms with Crippen molar-refractivity contribution < 1.29 is 46.9 Å². The van der Waals surface area contributed by atoms with E-state index in [1.807, 2.05) is 62.4 Å². The highest BCUT2D eigenvalue weighted by Crippen LogP contribution is 2.28. The number of ether oxygens (including phenoxy) is 4. The number of rotatable bonds is 16. The van der Waals surface area contributed by atoms with Gasteiger partial charge in [-0.3, -0.25) is 15.3 Å². The quantitative estimate of drug-likeness (QED) is 0.111. The molecule has 270 valence electrons. The number of esters is 2. The molecule has 3 aromatic carbocycles. The third-order valence-electron chi connectivity index (χ3n) is 7.09. The minimum absolute atomic E-state index is 0.0269. The number of nitrogens with zero attached hydrogens (tertiary/aromatic N) is 1. The molecule has 1 amide bonds. The van der Waals surface area contributed by atoms with Crippen molar-refractivity contribution in [3.05, 3.63) is 89.0 Å². The summed E-state index contributed by atoms with van der Waals surface area (Å²) >= 11 is 0. The van der Waals surface area contributed by atoms with E-state index in [4.69, 9.17) is 24.7 Å². The van der Waals surface area contributed by atoms with Crippen molar-refractivity contribution in [1.82, 2.24) is 4.72 Å². The maximum Gasteiger partial charge on any atom is 0.353 e. The van der Waals surface area contributed by atoms with Crippen molar-refractivity contribution in [3.8, 4) is 11.5 Å². The fraction of sp³-hybridized carbons (Fsp3) is 0.389. The number of nitrogens with one attached hydrogen (secondary N) is 1. The van der Waals surface area contributed by atoms with Crippen molar-refractivity contribution in [2.24, 2.45) is 16.1 Å². The zero-order chi connectivity index (χ0) is 37.1. The number of sulfonamides is 1. The van der Waals surface area contributed by atoms with E-state index in [9.17, 15) is 27.9 Å². The molecule has 0 heterocycles. The number of aliphatic imine (C=N–C) groups is 1. The monoisotopic (exact) mass is 711 g/mol. The van der Waals surface area contributed by atoms with Crippen molar-refractivity contribution in [3.63, 3.8) is 0 Å². The van der Waals surface area contributed by atoms with Crippen LogP contribution in [0, 0.1) is 5.41 Å². The molecule has 0 saturated heterocycles. The summed E-state index contributed by atoms with van der Waals surface area (Å²) in [6.45, 7) is 10.2. The molecule has 0 aliphatic heterocycles. The van der Waals surface area contributed by atoms with Crippen LogP contribution in [0.4, 0.5) is 0 Å². The molecule has 0 radical (unpaired) electrons. The molecule has 0 saturated carbocycles. The van der Waals surface area contributed by atoms with Crippen molar-refractivity contribution >= 4 is 34.1 Å². The minimum Gasteiger partial charge on any atom is -0.487 e. The Kier molecular flexibility index (Phi) is 13.8. The fourth-order valence-electron chi connectivity index (χ4n) is 4.24. The standard InChI is InChI=1S/C36H45N3O10S/c1-7-46-32(40)23-48-30-20-28(24(2)3)15-14-27(30)17-18-39-50(44,45)31-19-26(13-16-29(31)47-22-25-11-9-8-10-12-25)21-38-33(41)36(37,43)49-34(42)35(4,5)6/h8-16,19-21,24,39,43H,7,17-18,22-23,37H2,1-6H3. The highest BCUT2D eigenvalue weighted by Gasteiger charge is 2.39. The van der Waals surface area contributed by atoms with Crippen LogP contribution in [-0.2, 0) is 46.9 Å². The number of hydrogen-bond acceptors (Lipinski definition) is 11. The summed E-state index contributed by atoms with van der Waals surface area (Å²) in [5.41, 5.74) is 7.04. The maximum atomic E-state index is 13.7. The molecule has 0 aliphatic carbocycles. The number of carbonyl (C=O) groups excluding carboxylic acids is 3. The van der Waals surface area contributed by atoms with Gasteiger partial charge >= 0.3 is 23.8 Å². The summed E-state index contributed by atoms with van der Waals surface area (Å²) in [5, 5.41) is 10.3. The lowest BCUT2D eigenvalue weighted by Crippen LogP contribution is -2.52. The van der Waals surface area contributed by atoms with Gasteiger partial charge in [0.15, 0.2) is 6.61 Å². The lowest BCUT2D eigenvalue weighted by Gasteiger charge is -2.24. The Morgan fingerprint density at radius 2 is 1.68 bits per heavy atom. The van der Waals surface area contributed by atoms with Gasteiger partial charge in [-0.05, 0) is 86.6 Å². The highest BCUT2D eigenvalue weighted by atomic mass is 32.2. The normalized spacial score (nSPS) is 13.1. The highest BCUT2D eigenvalue weighted by molar-refractivity contribution is 7.89. The first-order valence-electron chi connectivity index (χ1n) is 16.0. The van der Waals surface area contributed by atoms with E-state index in [1.54, 1.807) is 6.92 Å². The molecule has 0 fully saturated rings. The van der Waals surface area contributed by atoms with Gasteiger partial charge in [-0.25, -0.2) is 22.9 Å². The molecule has 0 aliphatic rings. The molecular formula is C36H45N3O10S. The number of aliphatic hydroxyl groups is 1. The minimum atomic E-state index is -4.23. The summed E-state index contributed by atoms with van der Waals surface area (Å²) in [7, 11) is -4.23. The number of nitrogens with two attached hydrogens (primary N) is 1. The largest absolute Gasteiger partial charge is 0.487 e. The molecule has 13 nitrogen and oxygen atoms in total. The molecule has 3 aromatic rings. The van der Waals surface area contributed by atoms with Crippen LogP contribution in [0.1, 0.15) is 69.7 Å². The smallest absolute Gasteiger partial charge is 0.353 e. The summed E-state index contributed by atoms with van der Waals surface area (Å²) in [6, 6.07) is 18.8. The Labute approximate surface area is 292 Å². The second-order valence-electron chi connectivity index (χ2n) is 12.6. The van der Waals surface area contributed by atoms with Gasteiger partial charge in [-0.1, -0.05) is 56.3 Å². The Balaban J connectivity index is 1.86. The average molecular weight is 712 g/mol. The van der Waals surface area contributed by atoms with E-state index in [0.29, 0.717) is 11.3 Å². The fourth-order valence-corrected chi connectivity index (χ4v) is 5.45. The summed E-state index contributed by atoms with van der Waals surface area (Å²) in [5.74, 6) is -5.23. The Bertz CT molecular complexity index is 1780. The summed E-state index contributed by atoms with van der Waals surface area (Å²) in [6.07, 6.45) is 1.20. The van der Waals surface area contributed by atoms with Gasteiger partial charge in [-0.15, -0.1) is 0 Å². The maximum absolute atomic E-state index is 13.7. The van der Waals surface area contributed by atoms with Gasteiger partial charge in [0, 0.05) is 12.8 Å². The van der Waals surface area contributed by atoms with Crippen LogP contribution in [-0.4, -0.2) is 63.3 Å². The molecule has 0 spiro atoms. The van der Waals surface area contributed by atoms with E-state index in [-0.39, 0.29) is 54.9 Å². The molecule has 0 aromatic heterocycles. The Morgan fingerprint density at radius 1 is 0.980 bits per heavy atom. The number of hydrogen-bond donors (Lipinski definition) is 3. The van der Waals surface area contributed by atoms with Gasteiger partial charge in [0.05, 0.1) is 12.0 Å². The van der Waals surface area contributed by atoms with Crippen molar-refractivity contribution in [1.29, 1.82) is 0 Å². The molecule has 50 heavy (non-hydrogen) atoms. The first-order chi connectivity index (χ1) is 23.4. The Morgan fingerprint density at radius 3 is 2.32 bits per heavy atom. The third-order valence-corrected chi connectivity index (χ3v) is 8.57. The van der Waals surface area contributed by atoms with Gasteiger partial charge in [0.2, 0.25) is 10.0 Å². The molecule has 0 bridgehead atoms. The number of amides is 1. The van der Waals surface area contributed by atoms with Crippen molar-refractivity contribution in [2.45, 2.75) is 71.3 Å². The first-order valence-corrected chi connectivity index (χ1v) is 17.5. The van der Waals surface area contributed by atoms with Gasteiger partial charge in [0.1, 0.15) is 23.0 Å². The third kappa shape index (κ3) is 11.8. The lowest BCUT2D eigenvalue weighted by molar-refractivity contribution is -0.213. The molecule has 14 heteroatoms. The zero-order valence-electron chi connectivity index (χ0n) is 29.1. The second kappa shape index (κ2) is 17.3. The van der Waals surface area contributed by atoms with E-state index < -0.39 is 39.2 Å². The van der Waals surface area contributed by atoms with E-state index in [0.717, 1.165) is 17.3 Å². The number of carbonyl (C=O) groups is 3. The molecule has 1 unspecified atom stereocenters. The summed E-state index contributed by atoms with van der Waals surface area (Å²) < 4.78 is 51.4. The van der Waals surface area contributed by atoms with Gasteiger partial charge in [0.25, 0.3) is 0 Å². The van der Waals surface area contributed by atoms with Crippen LogP contribution in [0.15, 0.2) is 76.6 Å². The predicted octanol–water partition coefficient (Wildman–Crippen LogP) is 3.99. The topological polar surface area (TPSA) is 193 Å². The lowest BCUT2D eigenvalue weighted by atomic mass is 9.97. The van der Waals surface area contributed by atoms with E-state index in [1.165, 1.54) is 39.0 Å². The first kappa shape index (κ1) is 39.8. The Hall–Kier alpha value is -4.63. The van der Waals surface area contributed by atoms with Gasteiger partial charge < -0.3 is 24.1 Å². The molecule has 4 N–H and O–H groups in total. The van der Waals surface area contributed by atoms with Crippen LogP contribution < -0.4 is 19.9 Å².